The summed E-state index contributed by atoms with van der Waals surface area (Å²) in [7, 11) is 0. The van der Waals surface area contributed by atoms with Crippen LogP contribution in [0, 0.1) is 0 Å². The van der Waals surface area contributed by atoms with Crippen molar-refractivity contribution < 1.29 is 23.8 Å². The van der Waals surface area contributed by atoms with E-state index in [-0.39, 0.29) is 18.4 Å². The van der Waals surface area contributed by atoms with E-state index in [0.717, 1.165) is 17.1 Å². The molecule has 7 nitrogen and oxygen atoms in total. The molecule has 2 aromatic rings. The van der Waals surface area contributed by atoms with Gasteiger partial charge >= 0.3 is 0 Å². The normalized spacial score (nSPS) is 17.5. The van der Waals surface area contributed by atoms with E-state index in [1.54, 1.807) is 19.1 Å². The highest BCUT2D eigenvalue weighted by Gasteiger charge is 2.32. The van der Waals surface area contributed by atoms with Crippen LogP contribution in [0.15, 0.2) is 42.5 Å². The molecule has 28 heavy (non-hydrogen) atoms. The maximum Gasteiger partial charge on any atom is 0.268 e. The number of ether oxygens (including phenoxy) is 3. The summed E-state index contributed by atoms with van der Waals surface area (Å²) >= 11 is 0. The minimum absolute atomic E-state index is 0.0370. The second kappa shape index (κ2) is 7.80. The maximum absolute atomic E-state index is 12.5. The molecule has 2 amide bonds. The van der Waals surface area contributed by atoms with Gasteiger partial charge in [-0.15, -0.1) is 0 Å². The van der Waals surface area contributed by atoms with Crippen LogP contribution in [0.4, 0.5) is 5.69 Å². The molecule has 0 bridgehead atoms. The van der Waals surface area contributed by atoms with Gasteiger partial charge in [-0.25, -0.2) is 0 Å². The van der Waals surface area contributed by atoms with Crippen molar-refractivity contribution in [3.05, 3.63) is 48.0 Å². The molecule has 0 aliphatic carbocycles. The van der Waals surface area contributed by atoms with Crippen LogP contribution in [0.1, 0.15) is 12.5 Å². The fourth-order valence-corrected chi connectivity index (χ4v) is 3.31. The quantitative estimate of drug-likeness (QED) is 0.855. The van der Waals surface area contributed by atoms with Crippen LogP contribution in [-0.2, 0) is 16.0 Å². The summed E-state index contributed by atoms with van der Waals surface area (Å²) in [5.41, 5.74) is 1.67. The van der Waals surface area contributed by atoms with Crippen LogP contribution in [0.25, 0.3) is 0 Å². The van der Waals surface area contributed by atoms with Crippen LogP contribution in [0.2, 0.25) is 0 Å². The average molecular weight is 382 g/mol. The molecule has 0 spiro atoms. The van der Waals surface area contributed by atoms with Crippen LogP contribution in [-0.4, -0.2) is 44.2 Å². The van der Waals surface area contributed by atoms with Crippen LogP contribution in [0.3, 0.4) is 0 Å². The van der Waals surface area contributed by atoms with E-state index >= 15 is 0 Å². The molecule has 0 aromatic heterocycles. The highest BCUT2D eigenvalue weighted by atomic mass is 16.6. The Bertz CT molecular complexity index is 898. The number of nitrogens with one attached hydrogen (secondary N) is 1. The summed E-state index contributed by atoms with van der Waals surface area (Å²) < 4.78 is 16.7. The zero-order chi connectivity index (χ0) is 19.5. The monoisotopic (exact) mass is 382 g/mol. The summed E-state index contributed by atoms with van der Waals surface area (Å²) in [5.74, 6) is 1.66. The van der Waals surface area contributed by atoms with Gasteiger partial charge in [-0.1, -0.05) is 18.2 Å². The molecule has 0 saturated carbocycles. The number of nitrogens with zero attached hydrogens (tertiary/aromatic N) is 1. The van der Waals surface area contributed by atoms with E-state index in [4.69, 9.17) is 14.2 Å². The predicted molar refractivity (Wildman–Crippen MR) is 103 cm³/mol. The molecule has 1 atom stereocenters. The molecule has 4 rings (SSSR count). The minimum atomic E-state index is -0.611. The van der Waals surface area contributed by atoms with Gasteiger partial charge in [0.1, 0.15) is 25.5 Å². The van der Waals surface area contributed by atoms with Crippen molar-refractivity contribution in [2.24, 2.45) is 0 Å². The lowest BCUT2D eigenvalue weighted by atomic mass is 10.1. The van der Waals surface area contributed by atoms with Gasteiger partial charge in [0.25, 0.3) is 5.91 Å². The van der Waals surface area contributed by atoms with Gasteiger partial charge in [0.2, 0.25) is 5.91 Å². The van der Waals surface area contributed by atoms with Gasteiger partial charge in [0, 0.05) is 6.54 Å². The van der Waals surface area contributed by atoms with Gasteiger partial charge in [-0.2, -0.15) is 0 Å². The minimum Gasteiger partial charge on any atom is -0.486 e. The Kier molecular flexibility index (Phi) is 5.06. The molecule has 2 aromatic carbocycles. The van der Waals surface area contributed by atoms with Crippen molar-refractivity contribution in [3.8, 4) is 17.2 Å². The Balaban J connectivity index is 1.34. The van der Waals surface area contributed by atoms with Gasteiger partial charge in [0.05, 0.1) is 5.69 Å². The smallest absolute Gasteiger partial charge is 0.268 e. The maximum atomic E-state index is 12.5. The van der Waals surface area contributed by atoms with Crippen molar-refractivity contribution in [3.63, 3.8) is 0 Å². The number of para-hydroxylation sites is 2. The van der Waals surface area contributed by atoms with Crippen molar-refractivity contribution in [1.82, 2.24) is 5.32 Å². The summed E-state index contributed by atoms with van der Waals surface area (Å²) in [5, 5.41) is 2.88. The van der Waals surface area contributed by atoms with Crippen LogP contribution < -0.4 is 24.4 Å². The van der Waals surface area contributed by atoms with E-state index in [9.17, 15) is 9.59 Å². The third-order valence-electron chi connectivity index (χ3n) is 4.72. The largest absolute Gasteiger partial charge is 0.486 e. The van der Waals surface area contributed by atoms with Gasteiger partial charge in [-0.3, -0.25) is 14.5 Å². The number of carbonyl (C=O) groups is 2. The molecular formula is C21H22N2O5. The van der Waals surface area contributed by atoms with E-state index in [2.05, 4.69) is 5.32 Å². The van der Waals surface area contributed by atoms with Crippen molar-refractivity contribution >= 4 is 17.5 Å². The fourth-order valence-electron chi connectivity index (χ4n) is 3.31. The molecule has 0 fully saturated rings. The number of fused-ring (bicyclic) bond motifs is 2. The zero-order valence-electron chi connectivity index (χ0n) is 15.6. The number of hydrogen-bond donors (Lipinski definition) is 1. The summed E-state index contributed by atoms with van der Waals surface area (Å²) in [4.78, 5) is 26.3. The molecule has 2 aliphatic rings. The van der Waals surface area contributed by atoms with Gasteiger partial charge < -0.3 is 19.5 Å². The first-order valence-electron chi connectivity index (χ1n) is 9.34. The van der Waals surface area contributed by atoms with E-state index < -0.39 is 6.10 Å². The molecule has 0 saturated heterocycles. The lowest BCUT2D eigenvalue weighted by Crippen LogP contribution is -2.49. The molecular weight excluding hydrogens is 360 g/mol. The summed E-state index contributed by atoms with van der Waals surface area (Å²) in [6.07, 6.45) is 0.0484. The Morgan fingerprint density at radius 2 is 1.89 bits per heavy atom. The number of hydrogen-bond acceptors (Lipinski definition) is 5. The molecule has 2 heterocycles. The Morgan fingerprint density at radius 3 is 2.75 bits per heavy atom. The van der Waals surface area contributed by atoms with E-state index in [1.165, 1.54) is 4.90 Å². The number of rotatable bonds is 5. The van der Waals surface area contributed by atoms with E-state index in [1.807, 2.05) is 30.3 Å². The highest BCUT2D eigenvalue weighted by Crippen LogP contribution is 2.33. The van der Waals surface area contributed by atoms with Crippen LogP contribution in [0.5, 0.6) is 17.2 Å². The average Bonchev–Trinajstić information content (AvgIpc) is 2.71. The molecule has 1 N–H and O–H groups in total. The number of benzene rings is 2. The second-order valence-electron chi connectivity index (χ2n) is 6.73. The number of carbonyl (C=O) groups excluding carboxylic acids is 2. The van der Waals surface area contributed by atoms with Crippen molar-refractivity contribution in [2.75, 3.05) is 31.2 Å². The molecule has 0 radical (unpaired) electrons. The topological polar surface area (TPSA) is 77.1 Å². The summed E-state index contributed by atoms with van der Waals surface area (Å²) in [6, 6.07) is 13.0. The van der Waals surface area contributed by atoms with Gasteiger partial charge in [0.15, 0.2) is 17.6 Å². The molecule has 2 aliphatic heterocycles. The Morgan fingerprint density at radius 1 is 1.11 bits per heavy atom. The predicted octanol–water partition coefficient (Wildman–Crippen LogP) is 1.93. The fraction of sp³-hybridized carbons (Fsp3) is 0.333. The standard InChI is InChI=1S/C21H22N2O5/c1-14-21(25)23(16-4-2-3-5-17(16)28-14)13-20(24)22-9-8-15-6-7-18-19(12-15)27-11-10-26-18/h2-7,12,14H,8-11,13H2,1H3,(H,22,24). The zero-order valence-corrected chi connectivity index (χ0v) is 15.6. The van der Waals surface area contributed by atoms with Crippen molar-refractivity contribution in [1.29, 1.82) is 0 Å². The number of amides is 2. The Hall–Kier alpha value is -3.22. The van der Waals surface area contributed by atoms with Crippen LogP contribution >= 0.6 is 0 Å². The Labute approximate surface area is 163 Å². The SMILES string of the molecule is CC1Oc2ccccc2N(CC(=O)NCCc2ccc3c(c2)OCCO3)C1=O. The first-order chi connectivity index (χ1) is 13.6. The first kappa shape index (κ1) is 18.2. The molecule has 1 unspecified atom stereocenters. The third kappa shape index (κ3) is 3.74. The lowest BCUT2D eigenvalue weighted by molar-refractivity contribution is -0.128. The first-order valence-corrected chi connectivity index (χ1v) is 9.34. The highest BCUT2D eigenvalue weighted by molar-refractivity contribution is 6.03. The lowest BCUT2D eigenvalue weighted by Gasteiger charge is -2.32. The molecule has 7 heteroatoms. The number of anilines is 1. The molecule has 146 valence electrons. The second-order valence-corrected chi connectivity index (χ2v) is 6.73. The van der Waals surface area contributed by atoms with E-state index in [0.29, 0.717) is 37.6 Å². The third-order valence-corrected chi connectivity index (χ3v) is 4.72. The summed E-state index contributed by atoms with van der Waals surface area (Å²) in [6.45, 7) is 3.22. The van der Waals surface area contributed by atoms with Gasteiger partial charge in [-0.05, 0) is 43.2 Å². The van der Waals surface area contributed by atoms with Crippen molar-refractivity contribution in [2.45, 2.75) is 19.4 Å².